The van der Waals surface area contributed by atoms with Gasteiger partial charge in [-0.05, 0) is 54.4 Å². The lowest BCUT2D eigenvalue weighted by Gasteiger charge is -2.20. The average molecular weight is 374 g/mol. The molecule has 2 fully saturated rings. The maximum absolute atomic E-state index is 12.8. The molecule has 6 heteroatoms. The normalized spacial score (nSPS) is 24.7. The lowest BCUT2D eigenvalue weighted by molar-refractivity contribution is -0.137. The minimum atomic E-state index is -4.42. The smallest absolute Gasteiger partial charge is 0.324 e. The third-order valence-electron chi connectivity index (χ3n) is 5.75. The number of likely N-dealkylation sites (tertiary alicyclic amines) is 1. The van der Waals surface area contributed by atoms with Crippen molar-refractivity contribution in [2.24, 2.45) is 11.8 Å². The summed E-state index contributed by atoms with van der Waals surface area (Å²) in [5.74, 6) is 1.46. The van der Waals surface area contributed by atoms with Crippen molar-refractivity contribution in [3.05, 3.63) is 65.7 Å². The average Bonchev–Trinajstić information content (AvgIpc) is 3.21. The van der Waals surface area contributed by atoms with E-state index in [1.165, 1.54) is 17.7 Å². The van der Waals surface area contributed by atoms with Gasteiger partial charge in [0.15, 0.2) is 0 Å². The third kappa shape index (κ3) is 3.80. The van der Waals surface area contributed by atoms with Crippen LogP contribution in [0.15, 0.2) is 54.6 Å². The van der Waals surface area contributed by atoms with E-state index < -0.39 is 11.7 Å². The number of amides is 2. The molecule has 0 aromatic heterocycles. The number of hydrogen-bond donors (Lipinski definition) is 1. The van der Waals surface area contributed by atoms with Gasteiger partial charge in [-0.1, -0.05) is 36.4 Å². The molecule has 142 valence electrons. The van der Waals surface area contributed by atoms with Crippen LogP contribution in [0.4, 0.5) is 23.7 Å². The van der Waals surface area contributed by atoms with Gasteiger partial charge in [0.2, 0.25) is 0 Å². The number of alkyl halides is 3. The van der Waals surface area contributed by atoms with Crippen molar-refractivity contribution in [2.75, 3.05) is 18.4 Å². The minimum absolute atomic E-state index is 0.175. The summed E-state index contributed by atoms with van der Waals surface area (Å²) in [4.78, 5) is 14.2. The van der Waals surface area contributed by atoms with E-state index in [1.807, 2.05) is 6.07 Å². The van der Waals surface area contributed by atoms with Crippen LogP contribution in [-0.4, -0.2) is 24.0 Å². The van der Waals surface area contributed by atoms with Gasteiger partial charge in [0, 0.05) is 18.8 Å². The lowest BCUT2D eigenvalue weighted by atomic mass is 9.96. The standard InChI is InChI=1S/C21H21F3N2O/c22-21(23,24)18-7-4-8-19(11-18)25-20(27)26-12-16-9-15(10-17(16)13-26)14-5-2-1-3-6-14/h1-8,11,15-17H,9-10,12-13H2,(H,25,27)/t15?,16-,17+. The lowest BCUT2D eigenvalue weighted by Crippen LogP contribution is -2.34. The Bertz CT molecular complexity index is 808. The summed E-state index contributed by atoms with van der Waals surface area (Å²) < 4.78 is 38.4. The van der Waals surface area contributed by atoms with E-state index >= 15 is 0 Å². The number of fused-ring (bicyclic) bond motifs is 1. The van der Waals surface area contributed by atoms with Crippen LogP contribution in [0.5, 0.6) is 0 Å². The van der Waals surface area contributed by atoms with Gasteiger partial charge in [-0.3, -0.25) is 0 Å². The van der Waals surface area contributed by atoms with E-state index in [2.05, 4.69) is 29.6 Å². The molecule has 0 spiro atoms. The Morgan fingerprint density at radius 1 is 0.963 bits per heavy atom. The highest BCUT2D eigenvalue weighted by Crippen LogP contribution is 2.46. The number of benzene rings is 2. The van der Waals surface area contributed by atoms with Crippen LogP contribution in [0.1, 0.15) is 29.9 Å². The fourth-order valence-electron chi connectivity index (χ4n) is 4.44. The van der Waals surface area contributed by atoms with Crippen molar-refractivity contribution in [3.8, 4) is 0 Å². The first-order valence-electron chi connectivity index (χ1n) is 9.18. The molecule has 1 aliphatic carbocycles. The summed E-state index contributed by atoms with van der Waals surface area (Å²) in [5.41, 5.74) is 0.769. The highest BCUT2D eigenvalue weighted by Gasteiger charge is 2.42. The molecule has 1 unspecified atom stereocenters. The third-order valence-corrected chi connectivity index (χ3v) is 5.75. The Morgan fingerprint density at radius 2 is 1.63 bits per heavy atom. The van der Waals surface area contributed by atoms with Crippen molar-refractivity contribution < 1.29 is 18.0 Å². The predicted molar refractivity (Wildman–Crippen MR) is 97.4 cm³/mol. The Kier molecular flexibility index (Phi) is 4.58. The van der Waals surface area contributed by atoms with Crippen molar-refractivity contribution in [1.82, 2.24) is 4.90 Å². The van der Waals surface area contributed by atoms with Gasteiger partial charge in [0.25, 0.3) is 0 Å². The molecule has 2 aromatic carbocycles. The molecule has 2 aliphatic rings. The molecule has 2 amide bonds. The van der Waals surface area contributed by atoms with E-state index in [4.69, 9.17) is 0 Å². The Labute approximate surface area is 156 Å². The van der Waals surface area contributed by atoms with Crippen LogP contribution in [0.3, 0.4) is 0 Å². The highest BCUT2D eigenvalue weighted by atomic mass is 19.4. The molecule has 27 heavy (non-hydrogen) atoms. The molecule has 1 aliphatic heterocycles. The second kappa shape index (κ2) is 6.91. The topological polar surface area (TPSA) is 32.3 Å². The summed E-state index contributed by atoms with van der Waals surface area (Å²) in [6.07, 6.45) is -2.30. The molecule has 0 radical (unpaired) electrons. The van der Waals surface area contributed by atoms with Gasteiger partial charge in [0.1, 0.15) is 0 Å². The maximum Gasteiger partial charge on any atom is 0.416 e. The monoisotopic (exact) mass is 374 g/mol. The Hall–Kier alpha value is -2.50. The van der Waals surface area contributed by atoms with E-state index in [9.17, 15) is 18.0 Å². The molecule has 1 saturated carbocycles. The number of nitrogens with one attached hydrogen (secondary N) is 1. The van der Waals surface area contributed by atoms with E-state index in [0.717, 1.165) is 25.0 Å². The molecule has 4 rings (SSSR count). The fraction of sp³-hybridized carbons (Fsp3) is 0.381. The summed E-state index contributed by atoms with van der Waals surface area (Å²) in [6.45, 7) is 1.33. The zero-order chi connectivity index (χ0) is 19.0. The Balaban J connectivity index is 1.36. The molecule has 1 heterocycles. The van der Waals surface area contributed by atoms with E-state index in [1.54, 1.807) is 4.90 Å². The summed E-state index contributed by atoms with van der Waals surface area (Å²) in [6, 6.07) is 14.9. The maximum atomic E-state index is 12.8. The van der Waals surface area contributed by atoms with Gasteiger partial charge < -0.3 is 10.2 Å². The number of hydrogen-bond acceptors (Lipinski definition) is 1. The molecular formula is C21H21F3N2O. The van der Waals surface area contributed by atoms with E-state index in [-0.39, 0.29) is 11.7 Å². The summed E-state index contributed by atoms with van der Waals surface area (Å²) in [5, 5.41) is 2.62. The van der Waals surface area contributed by atoms with E-state index in [0.29, 0.717) is 30.8 Å². The first-order valence-corrected chi connectivity index (χ1v) is 9.18. The fourth-order valence-corrected chi connectivity index (χ4v) is 4.44. The predicted octanol–water partition coefficient (Wildman–Crippen LogP) is 5.36. The number of carbonyl (C=O) groups excluding carboxylic acids is 1. The summed E-state index contributed by atoms with van der Waals surface area (Å²) in [7, 11) is 0. The van der Waals surface area contributed by atoms with Crippen LogP contribution >= 0.6 is 0 Å². The molecule has 3 atom stereocenters. The number of anilines is 1. The molecule has 2 aromatic rings. The quantitative estimate of drug-likeness (QED) is 0.754. The zero-order valence-electron chi connectivity index (χ0n) is 14.7. The van der Waals surface area contributed by atoms with Crippen LogP contribution in [-0.2, 0) is 6.18 Å². The molecule has 3 nitrogen and oxygen atoms in total. The van der Waals surface area contributed by atoms with Gasteiger partial charge in [-0.25, -0.2) is 4.79 Å². The van der Waals surface area contributed by atoms with Gasteiger partial charge in [-0.2, -0.15) is 13.2 Å². The number of nitrogens with zero attached hydrogens (tertiary/aromatic N) is 1. The van der Waals surface area contributed by atoms with Crippen molar-refractivity contribution >= 4 is 11.7 Å². The Morgan fingerprint density at radius 3 is 2.26 bits per heavy atom. The molecule has 0 bridgehead atoms. The largest absolute Gasteiger partial charge is 0.416 e. The van der Waals surface area contributed by atoms with Crippen molar-refractivity contribution in [3.63, 3.8) is 0 Å². The van der Waals surface area contributed by atoms with Crippen LogP contribution in [0.2, 0.25) is 0 Å². The first kappa shape index (κ1) is 17.9. The molecule has 1 N–H and O–H groups in total. The highest BCUT2D eigenvalue weighted by molar-refractivity contribution is 5.89. The van der Waals surface area contributed by atoms with Crippen molar-refractivity contribution in [2.45, 2.75) is 24.9 Å². The first-order chi connectivity index (χ1) is 12.9. The number of halogens is 3. The number of urea groups is 1. The van der Waals surface area contributed by atoms with Crippen LogP contribution in [0.25, 0.3) is 0 Å². The zero-order valence-corrected chi connectivity index (χ0v) is 14.7. The number of carbonyl (C=O) groups is 1. The second-order valence-electron chi connectivity index (χ2n) is 7.51. The van der Waals surface area contributed by atoms with Gasteiger partial charge >= 0.3 is 12.2 Å². The SMILES string of the molecule is O=C(Nc1cccc(C(F)(F)F)c1)N1C[C@H]2CC(c3ccccc3)C[C@H]2C1. The molecular weight excluding hydrogens is 353 g/mol. The van der Waals surface area contributed by atoms with Gasteiger partial charge in [0.05, 0.1) is 5.56 Å². The van der Waals surface area contributed by atoms with Crippen molar-refractivity contribution in [1.29, 1.82) is 0 Å². The van der Waals surface area contributed by atoms with Gasteiger partial charge in [-0.15, -0.1) is 0 Å². The minimum Gasteiger partial charge on any atom is -0.324 e. The number of rotatable bonds is 2. The van der Waals surface area contributed by atoms with Crippen LogP contribution < -0.4 is 5.32 Å². The summed E-state index contributed by atoms with van der Waals surface area (Å²) >= 11 is 0. The molecule has 1 saturated heterocycles. The second-order valence-corrected chi connectivity index (χ2v) is 7.51. The van der Waals surface area contributed by atoms with Crippen LogP contribution in [0, 0.1) is 11.8 Å².